The predicted molar refractivity (Wildman–Crippen MR) is 306 cm³/mol. The topological polar surface area (TPSA) is 194 Å². The van der Waals surface area contributed by atoms with Gasteiger partial charge in [-0.15, -0.1) is 0 Å². The van der Waals surface area contributed by atoms with Crippen LogP contribution in [0, 0.1) is 0 Å². The number of aryl methyl sites for hydroxylation is 1. The molecule has 1 aliphatic carbocycles. The lowest BCUT2D eigenvalue weighted by Gasteiger charge is -2.33. The molecule has 1 unspecified atom stereocenters. The number of pyridine rings is 2. The second kappa shape index (κ2) is 23.8. The van der Waals surface area contributed by atoms with Crippen molar-refractivity contribution in [1.29, 1.82) is 0 Å². The van der Waals surface area contributed by atoms with Crippen molar-refractivity contribution in [3.8, 4) is 11.1 Å². The highest BCUT2D eigenvalue weighted by Gasteiger charge is 2.37. The maximum absolute atomic E-state index is 14.6. The number of fused-ring (bicyclic) bond motifs is 3. The molecule has 0 bridgehead atoms. The lowest BCUT2D eigenvalue weighted by Crippen LogP contribution is -2.37. The molecule has 0 saturated heterocycles. The van der Waals surface area contributed by atoms with Crippen LogP contribution in [-0.2, 0) is 65.7 Å². The van der Waals surface area contributed by atoms with Crippen molar-refractivity contribution in [2.45, 2.75) is 80.8 Å². The minimum atomic E-state index is -3.97. The number of sulfonamides is 2. The molecule has 11 rings (SSSR count). The van der Waals surface area contributed by atoms with Crippen molar-refractivity contribution < 1.29 is 16.8 Å². The van der Waals surface area contributed by atoms with Crippen LogP contribution in [0.4, 0.5) is 5.95 Å². The monoisotopic (exact) mass is 1080 g/mol. The van der Waals surface area contributed by atoms with Crippen molar-refractivity contribution in [3.63, 3.8) is 0 Å². The van der Waals surface area contributed by atoms with E-state index in [2.05, 4.69) is 55.2 Å². The molecule has 78 heavy (non-hydrogen) atoms. The lowest BCUT2D eigenvalue weighted by molar-refractivity contribution is 0.277. The summed E-state index contributed by atoms with van der Waals surface area (Å²) in [4.78, 5) is 26.1. The van der Waals surface area contributed by atoms with Gasteiger partial charge in [0.1, 0.15) is 5.82 Å². The molecular formula is C61H61N11O4S2. The SMILES string of the molecule is O=S(=O)(c1ccc(CNCc2ccccc2)cc1)N(CCCNc1nc2ccc(-c3ccnc(CNCc4ccc(S(=O)(=O)N(Cc5nc6ccccc6[nH]5)C5CCCc6cccnc65)cc4)c3)cc2[nH]1)Cc1ccccc1. The van der Waals surface area contributed by atoms with Crippen LogP contribution in [0.25, 0.3) is 33.2 Å². The summed E-state index contributed by atoms with van der Waals surface area (Å²) in [5.74, 6) is 1.18. The third-order valence-electron chi connectivity index (χ3n) is 14.2. The fourth-order valence-electron chi connectivity index (χ4n) is 10.1. The van der Waals surface area contributed by atoms with Gasteiger partial charge in [0.05, 0.1) is 55.8 Å². The molecule has 5 N–H and O–H groups in total. The summed E-state index contributed by atoms with van der Waals surface area (Å²) < 4.78 is 60.6. The summed E-state index contributed by atoms with van der Waals surface area (Å²) in [5.41, 5.74) is 12.1. The average Bonchev–Trinajstić information content (AvgIpc) is 4.12. The molecule has 0 radical (unpaired) electrons. The van der Waals surface area contributed by atoms with E-state index in [1.807, 2.05) is 127 Å². The Labute approximate surface area is 455 Å². The smallest absolute Gasteiger partial charge is 0.244 e. The molecule has 0 fully saturated rings. The summed E-state index contributed by atoms with van der Waals surface area (Å²) in [7, 11) is -7.77. The van der Waals surface area contributed by atoms with Gasteiger partial charge < -0.3 is 25.9 Å². The van der Waals surface area contributed by atoms with Crippen LogP contribution in [0.5, 0.6) is 0 Å². The zero-order valence-electron chi connectivity index (χ0n) is 43.1. The summed E-state index contributed by atoms with van der Waals surface area (Å²) in [6, 6.07) is 55.5. The third-order valence-corrected chi connectivity index (χ3v) is 17.9. The van der Waals surface area contributed by atoms with Gasteiger partial charge in [0.2, 0.25) is 26.0 Å². The van der Waals surface area contributed by atoms with Crippen molar-refractivity contribution >= 4 is 48.1 Å². The molecule has 396 valence electrons. The Morgan fingerprint density at radius 3 is 1.95 bits per heavy atom. The van der Waals surface area contributed by atoms with E-state index in [1.54, 1.807) is 45.3 Å². The van der Waals surface area contributed by atoms with Crippen molar-refractivity contribution in [2.24, 2.45) is 0 Å². The molecule has 10 aromatic rings. The molecular weight excluding hydrogens is 1010 g/mol. The highest BCUT2D eigenvalue weighted by Crippen LogP contribution is 2.37. The zero-order valence-corrected chi connectivity index (χ0v) is 44.7. The van der Waals surface area contributed by atoms with Crippen LogP contribution in [0.1, 0.15) is 70.3 Å². The minimum absolute atomic E-state index is 0.0841. The minimum Gasteiger partial charge on any atom is -0.356 e. The van der Waals surface area contributed by atoms with Gasteiger partial charge in [-0.1, -0.05) is 109 Å². The van der Waals surface area contributed by atoms with Gasteiger partial charge in [-0.05, 0) is 131 Å². The van der Waals surface area contributed by atoms with E-state index < -0.39 is 26.1 Å². The first-order chi connectivity index (χ1) is 38.1. The molecule has 4 aromatic heterocycles. The van der Waals surface area contributed by atoms with Gasteiger partial charge in [0.25, 0.3) is 0 Å². The molecule has 0 amide bonds. The van der Waals surface area contributed by atoms with Gasteiger partial charge >= 0.3 is 0 Å². The van der Waals surface area contributed by atoms with Crippen LogP contribution in [0.3, 0.4) is 0 Å². The highest BCUT2D eigenvalue weighted by atomic mass is 32.2. The molecule has 0 aliphatic heterocycles. The Morgan fingerprint density at radius 1 is 0.551 bits per heavy atom. The van der Waals surface area contributed by atoms with E-state index in [9.17, 15) is 16.8 Å². The number of nitrogens with zero attached hydrogens (tertiary/aromatic N) is 6. The number of imidazole rings is 2. The number of rotatable bonds is 23. The van der Waals surface area contributed by atoms with E-state index >= 15 is 0 Å². The number of benzene rings is 6. The van der Waals surface area contributed by atoms with Crippen molar-refractivity contribution in [3.05, 3.63) is 233 Å². The Balaban J connectivity index is 0.695. The standard InChI is InChI=1S/C61H61N11O4S2/c73-77(74,52-26-21-45(22-27-52)39-62-38-44-12-3-1-4-13-44)71(42-47-14-5-2-6-15-47)35-11-33-66-61-69-56-30-25-49(37-57(56)70-61)50-31-34-64-51(36-50)41-63-40-46-23-28-53(29-24-46)78(75,76)72(43-59-67-54-18-7-8-19-55(54)68-59)58-20-9-16-48-17-10-32-65-60(48)58/h1-8,10,12-15,17-19,21-32,34,36-37,58,62-63H,9,11,16,20,33,35,38-43H2,(H,67,68)(H2,66,69,70). The molecule has 0 saturated carbocycles. The molecule has 0 spiro atoms. The Bertz CT molecular complexity index is 3820. The zero-order chi connectivity index (χ0) is 53.3. The van der Waals surface area contributed by atoms with Crippen molar-refractivity contribution in [2.75, 3.05) is 18.4 Å². The highest BCUT2D eigenvalue weighted by molar-refractivity contribution is 7.89. The van der Waals surface area contributed by atoms with Crippen LogP contribution >= 0.6 is 0 Å². The second-order valence-corrected chi connectivity index (χ2v) is 23.5. The van der Waals surface area contributed by atoms with Gasteiger partial charge in [-0.2, -0.15) is 8.61 Å². The van der Waals surface area contributed by atoms with E-state index in [-0.39, 0.29) is 22.9 Å². The Kier molecular flexibility index (Phi) is 15.9. The first-order valence-corrected chi connectivity index (χ1v) is 29.3. The fraction of sp³-hybridized carbons (Fsp3) is 0.213. The van der Waals surface area contributed by atoms with Gasteiger partial charge in [0.15, 0.2) is 0 Å². The number of aromatic amines is 2. The first-order valence-electron chi connectivity index (χ1n) is 26.4. The lowest BCUT2D eigenvalue weighted by atomic mass is 9.92. The van der Waals surface area contributed by atoms with Crippen LogP contribution < -0.4 is 16.0 Å². The van der Waals surface area contributed by atoms with Crippen molar-refractivity contribution in [1.82, 2.24) is 49.1 Å². The quantitative estimate of drug-likeness (QED) is 0.0383. The van der Waals surface area contributed by atoms with Gasteiger partial charge in [0, 0.05) is 58.2 Å². The molecule has 1 aliphatic rings. The second-order valence-electron chi connectivity index (χ2n) is 19.6. The number of hydrogen-bond donors (Lipinski definition) is 5. The predicted octanol–water partition coefficient (Wildman–Crippen LogP) is 10.4. The average molecular weight is 1080 g/mol. The maximum Gasteiger partial charge on any atom is 0.244 e. The summed E-state index contributed by atoms with van der Waals surface area (Å²) in [5, 5.41) is 10.3. The summed E-state index contributed by atoms with van der Waals surface area (Å²) in [6.07, 6.45) is 6.48. The van der Waals surface area contributed by atoms with E-state index in [1.165, 1.54) is 5.56 Å². The van der Waals surface area contributed by atoms with E-state index in [0.717, 1.165) is 86.2 Å². The van der Waals surface area contributed by atoms with E-state index in [4.69, 9.17) is 15.0 Å². The molecule has 1 atom stereocenters. The first kappa shape index (κ1) is 52.2. The molecule has 6 aromatic carbocycles. The summed E-state index contributed by atoms with van der Waals surface area (Å²) in [6.45, 7) is 3.51. The number of aromatic nitrogens is 6. The maximum atomic E-state index is 14.6. The molecule has 4 heterocycles. The number of nitrogens with one attached hydrogen (secondary N) is 5. The fourth-order valence-corrected chi connectivity index (χ4v) is 13.2. The normalized spacial score (nSPS) is 13.8. The molecule has 17 heteroatoms. The number of H-pyrrole nitrogens is 2. The third kappa shape index (κ3) is 12.3. The largest absolute Gasteiger partial charge is 0.356 e. The summed E-state index contributed by atoms with van der Waals surface area (Å²) >= 11 is 0. The molecule has 15 nitrogen and oxygen atoms in total. The number of para-hydroxylation sites is 2. The number of anilines is 1. The van der Waals surface area contributed by atoms with Gasteiger partial charge in [-0.25, -0.2) is 26.8 Å². The number of hydrogen-bond acceptors (Lipinski definition) is 11. The van der Waals surface area contributed by atoms with E-state index in [0.29, 0.717) is 57.3 Å². The van der Waals surface area contributed by atoms with Crippen LogP contribution in [0.15, 0.2) is 198 Å². The Hall–Kier alpha value is -7.90. The van der Waals surface area contributed by atoms with Crippen LogP contribution in [-0.4, -0.2) is 68.4 Å². The Morgan fingerprint density at radius 2 is 1.21 bits per heavy atom. The van der Waals surface area contributed by atoms with Crippen LogP contribution in [0.2, 0.25) is 0 Å². The van der Waals surface area contributed by atoms with Gasteiger partial charge in [-0.3, -0.25) is 9.97 Å².